The second-order valence-electron chi connectivity index (χ2n) is 3.43. The van der Waals surface area contributed by atoms with Gasteiger partial charge in [0.05, 0.1) is 5.60 Å². The summed E-state index contributed by atoms with van der Waals surface area (Å²) in [6.45, 7) is 2.02. The Kier molecular flexibility index (Phi) is 1.28. The van der Waals surface area contributed by atoms with Gasteiger partial charge in [0.2, 0.25) is 0 Å². The quantitative estimate of drug-likeness (QED) is 0.396. The van der Waals surface area contributed by atoms with Crippen molar-refractivity contribution in [2.24, 2.45) is 0 Å². The average molecular weight is 160 g/mol. The minimum Gasteiger partial charge on any atom is -0.362 e. The maximum absolute atomic E-state index is 8.62. The Labute approximate surface area is 70.9 Å². The lowest BCUT2D eigenvalue weighted by Gasteiger charge is -1.96. The Hall–Kier alpha value is -1.32. The summed E-state index contributed by atoms with van der Waals surface area (Å²) < 4.78 is 5.38. The molecule has 1 heterocycles. The SMILES string of the molecule is CC12CCC(=C(C#N)C#N)C1O2. The monoisotopic (exact) mass is 160 g/mol. The fourth-order valence-electron chi connectivity index (χ4n) is 1.80. The minimum atomic E-state index is -0.0473. The first kappa shape index (κ1) is 7.34. The van der Waals surface area contributed by atoms with Gasteiger partial charge in [0, 0.05) is 0 Å². The summed E-state index contributed by atoms with van der Waals surface area (Å²) in [5.74, 6) is 0. The molecule has 0 aromatic heterocycles. The lowest BCUT2D eigenvalue weighted by molar-refractivity contribution is 0.285. The Morgan fingerprint density at radius 3 is 2.58 bits per heavy atom. The highest BCUT2D eigenvalue weighted by molar-refractivity contribution is 5.46. The molecule has 3 heteroatoms. The van der Waals surface area contributed by atoms with Crippen molar-refractivity contribution < 1.29 is 4.74 Å². The molecule has 0 N–H and O–H groups in total. The number of fused-ring (bicyclic) bond motifs is 1. The molecule has 12 heavy (non-hydrogen) atoms. The summed E-state index contributed by atoms with van der Waals surface area (Å²) >= 11 is 0. The normalized spacial score (nSPS) is 36.6. The van der Waals surface area contributed by atoms with E-state index >= 15 is 0 Å². The van der Waals surface area contributed by atoms with E-state index in [-0.39, 0.29) is 17.3 Å². The molecular formula is C9H8N2O. The molecule has 1 aliphatic heterocycles. The van der Waals surface area contributed by atoms with Crippen molar-refractivity contribution in [2.45, 2.75) is 31.5 Å². The van der Waals surface area contributed by atoms with Crippen LogP contribution in [0.5, 0.6) is 0 Å². The number of nitrogens with zero attached hydrogens (tertiary/aromatic N) is 2. The van der Waals surface area contributed by atoms with Crippen LogP contribution in [-0.4, -0.2) is 11.7 Å². The van der Waals surface area contributed by atoms with Crippen LogP contribution in [0, 0.1) is 22.7 Å². The first-order valence-corrected chi connectivity index (χ1v) is 3.92. The van der Waals surface area contributed by atoms with Gasteiger partial charge >= 0.3 is 0 Å². The van der Waals surface area contributed by atoms with E-state index in [0.29, 0.717) is 0 Å². The van der Waals surface area contributed by atoms with Crippen molar-refractivity contribution in [3.05, 3.63) is 11.1 Å². The molecule has 0 aromatic rings. The van der Waals surface area contributed by atoms with E-state index in [4.69, 9.17) is 15.3 Å². The molecule has 0 spiro atoms. The molecule has 2 unspecified atom stereocenters. The summed E-state index contributed by atoms with van der Waals surface area (Å²) in [5, 5.41) is 17.2. The Morgan fingerprint density at radius 2 is 2.25 bits per heavy atom. The van der Waals surface area contributed by atoms with Crippen molar-refractivity contribution in [1.82, 2.24) is 0 Å². The number of hydrogen-bond donors (Lipinski definition) is 0. The van der Waals surface area contributed by atoms with Gasteiger partial charge in [-0.1, -0.05) is 0 Å². The number of epoxide rings is 1. The second-order valence-corrected chi connectivity index (χ2v) is 3.43. The molecule has 60 valence electrons. The van der Waals surface area contributed by atoms with Crippen LogP contribution in [0.1, 0.15) is 19.8 Å². The number of nitriles is 2. The van der Waals surface area contributed by atoms with E-state index < -0.39 is 0 Å². The molecule has 1 saturated heterocycles. The highest BCUT2D eigenvalue weighted by Crippen LogP contribution is 2.53. The van der Waals surface area contributed by atoms with E-state index in [0.717, 1.165) is 18.4 Å². The second kappa shape index (κ2) is 2.09. The van der Waals surface area contributed by atoms with Crippen LogP contribution in [0.2, 0.25) is 0 Å². The van der Waals surface area contributed by atoms with Crippen LogP contribution in [0.3, 0.4) is 0 Å². The third-order valence-electron chi connectivity index (χ3n) is 2.64. The van der Waals surface area contributed by atoms with Crippen molar-refractivity contribution >= 4 is 0 Å². The van der Waals surface area contributed by atoms with Crippen molar-refractivity contribution in [2.75, 3.05) is 0 Å². The fourth-order valence-corrected chi connectivity index (χ4v) is 1.80. The smallest absolute Gasteiger partial charge is 0.131 e. The molecule has 0 aromatic carbocycles. The topological polar surface area (TPSA) is 60.1 Å². The molecule has 1 saturated carbocycles. The van der Waals surface area contributed by atoms with Crippen LogP contribution in [0.25, 0.3) is 0 Å². The summed E-state index contributed by atoms with van der Waals surface area (Å²) in [6, 6.07) is 3.81. The summed E-state index contributed by atoms with van der Waals surface area (Å²) in [4.78, 5) is 0. The van der Waals surface area contributed by atoms with Gasteiger partial charge in [-0.15, -0.1) is 0 Å². The van der Waals surface area contributed by atoms with Crippen molar-refractivity contribution in [3.8, 4) is 12.1 Å². The molecule has 1 aliphatic carbocycles. The highest BCUT2D eigenvalue weighted by Gasteiger charge is 2.59. The number of allylic oxidation sites excluding steroid dienone is 1. The Bertz CT molecular complexity index is 329. The maximum Gasteiger partial charge on any atom is 0.131 e. The standard InChI is InChI=1S/C9H8N2O/c1-9-3-2-7(8(9)12-9)6(4-10)5-11/h8H,2-3H2,1H3. The summed E-state index contributed by atoms with van der Waals surface area (Å²) in [7, 11) is 0. The molecular weight excluding hydrogens is 152 g/mol. The Balaban J connectivity index is 2.35. The van der Waals surface area contributed by atoms with Crippen molar-refractivity contribution in [1.29, 1.82) is 10.5 Å². The van der Waals surface area contributed by atoms with E-state index in [1.54, 1.807) is 0 Å². The number of hydrogen-bond acceptors (Lipinski definition) is 3. The fraction of sp³-hybridized carbons (Fsp3) is 0.556. The van der Waals surface area contributed by atoms with E-state index in [1.807, 2.05) is 19.1 Å². The molecule has 3 nitrogen and oxygen atoms in total. The predicted octanol–water partition coefficient (Wildman–Crippen LogP) is 1.28. The van der Waals surface area contributed by atoms with E-state index in [9.17, 15) is 0 Å². The van der Waals surface area contributed by atoms with Crippen LogP contribution in [-0.2, 0) is 4.74 Å². The first-order chi connectivity index (χ1) is 5.71. The third-order valence-corrected chi connectivity index (χ3v) is 2.64. The van der Waals surface area contributed by atoms with E-state index in [1.165, 1.54) is 0 Å². The lowest BCUT2D eigenvalue weighted by Crippen LogP contribution is -2.00. The zero-order valence-electron chi connectivity index (χ0n) is 6.79. The van der Waals surface area contributed by atoms with Gasteiger partial charge in [-0.25, -0.2) is 0 Å². The molecule has 0 bridgehead atoms. The largest absolute Gasteiger partial charge is 0.362 e. The molecule has 2 atom stereocenters. The highest BCUT2D eigenvalue weighted by atomic mass is 16.6. The van der Waals surface area contributed by atoms with Crippen LogP contribution < -0.4 is 0 Å². The first-order valence-electron chi connectivity index (χ1n) is 3.92. The molecule has 0 radical (unpaired) electrons. The van der Waals surface area contributed by atoms with Gasteiger partial charge in [0.15, 0.2) is 0 Å². The van der Waals surface area contributed by atoms with Crippen LogP contribution in [0.15, 0.2) is 11.1 Å². The molecule has 2 rings (SSSR count). The van der Waals surface area contributed by atoms with Gasteiger partial charge in [-0.05, 0) is 25.3 Å². The van der Waals surface area contributed by atoms with E-state index in [2.05, 4.69) is 0 Å². The van der Waals surface area contributed by atoms with Crippen molar-refractivity contribution in [3.63, 3.8) is 0 Å². The molecule has 0 amide bonds. The van der Waals surface area contributed by atoms with Gasteiger partial charge < -0.3 is 4.74 Å². The van der Waals surface area contributed by atoms with Crippen LogP contribution >= 0.6 is 0 Å². The van der Waals surface area contributed by atoms with Gasteiger partial charge in [-0.2, -0.15) is 10.5 Å². The average Bonchev–Trinajstić information content (AvgIpc) is 2.63. The third kappa shape index (κ3) is 0.776. The number of rotatable bonds is 0. The zero-order valence-corrected chi connectivity index (χ0v) is 6.79. The number of ether oxygens (including phenoxy) is 1. The van der Waals surface area contributed by atoms with Gasteiger partial charge in [0.1, 0.15) is 23.8 Å². The summed E-state index contributed by atoms with van der Waals surface area (Å²) in [6.07, 6.45) is 1.85. The molecule has 2 fully saturated rings. The lowest BCUT2D eigenvalue weighted by atomic mass is 10.1. The zero-order chi connectivity index (χ0) is 8.77. The maximum atomic E-state index is 8.62. The Morgan fingerprint density at radius 1 is 1.58 bits per heavy atom. The van der Waals surface area contributed by atoms with Gasteiger partial charge in [0.25, 0.3) is 0 Å². The predicted molar refractivity (Wildman–Crippen MR) is 40.8 cm³/mol. The van der Waals surface area contributed by atoms with Gasteiger partial charge in [-0.3, -0.25) is 0 Å². The van der Waals surface area contributed by atoms with Crippen LogP contribution in [0.4, 0.5) is 0 Å². The minimum absolute atomic E-state index is 0.0473. The summed E-state index contributed by atoms with van der Waals surface area (Å²) in [5.41, 5.74) is 1.11. The molecule has 2 aliphatic rings.